The first-order valence-corrected chi connectivity index (χ1v) is 21.8. The van der Waals surface area contributed by atoms with Crippen LogP contribution < -0.4 is 5.32 Å². The van der Waals surface area contributed by atoms with Crippen LogP contribution in [0.1, 0.15) is 100 Å². The van der Waals surface area contributed by atoms with Gasteiger partial charge in [0.15, 0.2) is 18.7 Å². The minimum atomic E-state index is -2.05. The smallest absolute Gasteiger partial charge is 0.407 e. The van der Waals surface area contributed by atoms with Gasteiger partial charge in [0.25, 0.3) is 0 Å². The number of carbonyl (C=O) groups is 3. The van der Waals surface area contributed by atoms with Crippen molar-refractivity contribution in [3.63, 3.8) is 0 Å². The Balaban J connectivity index is 1.73. The Morgan fingerprint density at radius 1 is 0.935 bits per heavy atom. The van der Waals surface area contributed by atoms with E-state index in [1.165, 1.54) is 40.0 Å². The van der Waals surface area contributed by atoms with Crippen LogP contribution in [0.5, 0.6) is 0 Å². The zero-order chi connectivity index (χ0) is 46.6. The van der Waals surface area contributed by atoms with Crippen molar-refractivity contribution in [1.29, 1.82) is 0 Å². The molecule has 0 unspecified atom stereocenters. The molecule has 0 saturated carbocycles. The number of rotatable bonds is 10. The second kappa shape index (κ2) is 21.0. The normalized spacial score (nSPS) is 42.8. The van der Waals surface area contributed by atoms with Gasteiger partial charge in [0.05, 0.1) is 42.0 Å². The third-order valence-electron chi connectivity index (χ3n) is 13.4. The Morgan fingerprint density at radius 2 is 1.56 bits per heavy atom. The molecule has 3 heterocycles. The van der Waals surface area contributed by atoms with Crippen LogP contribution >= 0.6 is 0 Å². The first kappa shape index (κ1) is 51.8. The summed E-state index contributed by atoms with van der Waals surface area (Å²) in [7, 11) is 5.12. The number of cyclic esters (lactones) is 1. The number of methoxy groups -OCH3 is 1. The summed E-state index contributed by atoms with van der Waals surface area (Å²) in [6, 6.07) is 5.29. The second-order valence-electron chi connectivity index (χ2n) is 18.8. The predicted molar refractivity (Wildman–Crippen MR) is 224 cm³/mol. The van der Waals surface area contributed by atoms with Gasteiger partial charge in [0.1, 0.15) is 35.0 Å². The van der Waals surface area contributed by atoms with E-state index in [1.807, 2.05) is 25.9 Å². The molecule has 1 amide bonds. The lowest BCUT2D eigenvalue weighted by molar-refractivity contribution is -0.317. The van der Waals surface area contributed by atoms with Crippen molar-refractivity contribution in [1.82, 2.24) is 10.2 Å². The minimum absolute atomic E-state index is 0.00888. The van der Waals surface area contributed by atoms with Gasteiger partial charge in [-0.25, -0.2) is 9.18 Å². The van der Waals surface area contributed by atoms with Crippen molar-refractivity contribution in [2.75, 3.05) is 21.2 Å². The highest BCUT2D eigenvalue weighted by atomic mass is 19.1. The van der Waals surface area contributed by atoms with Crippen LogP contribution in [0.25, 0.3) is 0 Å². The third kappa shape index (κ3) is 11.9. The number of ketones is 1. The topological polar surface area (TPSA) is 212 Å². The number of ether oxygens (including phenoxy) is 7. The van der Waals surface area contributed by atoms with E-state index >= 15 is 0 Å². The molecule has 3 fully saturated rings. The van der Waals surface area contributed by atoms with Gasteiger partial charge in [-0.1, -0.05) is 39.8 Å². The maximum atomic E-state index is 14.3. The van der Waals surface area contributed by atoms with Crippen LogP contribution in [0.2, 0.25) is 0 Å². The monoisotopic (exact) mass is 885 g/mol. The Bertz CT molecular complexity index is 1650. The molecule has 0 aliphatic carbocycles. The molecule has 1 aromatic rings. The Labute approximate surface area is 366 Å². The SMILES string of the molecule is CC[C@H]1OC(=O)[C@H](C)[C@@H](O[C@H]2C[C@@](C)(OC)[C@@H](OC(=O)NCc3ccc(F)cc3)[C@H](C)O2)[C@H](C)[C@@H](O[C@@H]2O[C@H](C)C[C@H](N(C)C)[C@H]2O)[C@@](C)(O)C[C@@H](C)C(=O)[C@H](C)[C@@H](O)[C@]1(C)O. The molecule has 3 saturated heterocycles. The average molecular weight is 885 g/mol. The number of esters is 1. The van der Waals surface area contributed by atoms with Crippen LogP contribution in [0.4, 0.5) is 9.18 Å². The van der Waals surface area contributed by atoms with E-state index in [1.54, 1.807) is 53.7 Å². The standard InChI is InChI=1S/C45H73FN2O14/c1-14-32-45(10,55)37(51)25(4)34(49)23(2)20-43(8,54)38(61-41-35(50)31(48(11)12)19-24(3)57-41)26(5)36(27(6)40(52)59-32)60-33-21-44(9,56-13)39(28(7)58-33)62-42(53)47-22-29-15-17-30(46)18-16-29/h15-18,23-28,31-33,35-39,41,50-51,54-55H,14,19-22H2,1-13H3,(H,47,53)/t23-,24-,25+,26+,27-,28+,31+,32-,33+,35-,36+,37-,38-,39+,41+,43+,44-,45-/m1/s1. The number of carbonyl (C=O) groups excluding carboxylic acids is 3. The molecule has 3 aliphatic rings. The maximum Gasteiger partial charge on any atom is 0.407 e. The van der Waals surface area contributed by atoms with Gasteiger partial charge < -0.3 is 63.8 Å². The number of nitrogens with zero attached hydrogens (tertiary/aromatic N) is 1. The number of halogens is 1. The number of hydrogen-bond acceptors (Lipinski definition) is 15. The maximum absolute atomic E-state index is 14.3. The molecule has 0 aromatic heterocycles. The lowest BCUT2D eigenvalue weighted by Crippen LogP contribution is -2.61. The zero-order valence-corrected chi connectivity index (χ0v) is 38.7. The lowest BCUT2D eigenvalue weighted by atomic mass is 9.74. The molecule has 0 spiro atoms. The molecule has 0 bridgehead atoms. The van der Waals surface area contributed by atoms with Gasteiger partial charge in [-0.3, -0.25) is 9.59 Å². The molecule has 3 aliphatic heterocycles. The predicted octanol–water partition coefficient (Wildman–Crippen LogP) is 3.86. The van der Waals surface area contributed by atoms with Crippen molar-refractivity contribution in [3.8, 4) is 0 Å². The quantitative estimate of drug-likeness (QED) is 0.211. The van der Waals surface area contributed by atoms with E-state index in [4.69, 9.17) is 33.2 Å². The van der Waals surface area contributed by atoms with Gasteiger partial charge in [-0.15, -0.1) is 0 Å². The van der Waals surface area contributed by atoms with Gasteiger partial charge in [0, 0.05) is 43.9 Å². The molecule has 17 heteroatoms. The first-order chi connectivity index (χ1) is 28.8. The highest BCUT2D eigenvalue weighted by molar-refractivity contribution is 5.83. The summed E-state index contributed by atoms with van der Waals surface area (Å²) in [4.78, 5) is 43.2. The van der Waals surface area contributed by atoms with E-state index in [0.717, 1.165) is 0 Å². The molecule has 1 aromatic carbocycles. The number of nitrogens with one attached hydrogen (secondary N) is 1. The summed E-state index contributed by atoms with van der Waals surface area (Å²) in [6.07, 6.45) is -11.3. The molecular formula is C45H73FN2O14. The Kier molecular flexibility index (Phi) is 17.5. The number of alkyl carbamates (subject to hydrolysis) is 1. The summed E-state index contributed by atoms with van der Waals surface area (Å²) in [5, 5.41) is 50.0. The fraction of sp³-hybridized carbons (Fsp3) is 0.800. The lowest BCUT2D eigenvalue weighted by Gasteiger charge is -2.49. The summed E-state index contributed by atoms with van der Waals surface area (Å²) >= 11 is 0. The van der Waals surface area contributed by atoms with Gasteiger partial charge in [-0.05, 0) is 92.6 Å². The minimum Gasteiger partial charge on any atom is -0.459 e. The number of aliphatic hydroxyl groups excluding tert-OH is 2. The number of likely N-dealkylation sites (N-methyl/N-ethyl adjacent to an activating group) is 1. The van der Waals surface area contributed by atoms with E-state index < -0.39 is 119 Å². The van der Waals surface area contributed by atoms with Crippen LogP contribution in [0.3, 0.4) is 0 Å². The van der Waals surface area contributed by atoms with Crippen molar-refractivity contribution >= 4 is 17.8 Å². The van der Waals surface area contributed by atoms with Crippen molar-refractivity contribution in [2.24, 2.45) is 23.7 Å². The van der Waals surface area contributed by atoms with E-state index in [9.17, 15) is 39.2 Å². The molecule has 18 atom stereocenters. The molecule has 5 N–H and O–H groups in total. The van der Waals surface area contributed by atoms with E-state index in [0.29, 0.717) is 12.0 Å². The van der Waals surface area contributed by atoms with Crippen LogP contribution in [0, 0.1) is 29.5 Å². The summed E-state index contributed by atoms with van der Waals surface area (Å²) in [5.74, 6) is -5.70. The first-order valence-electron chi connectivity index (χ1n) is 21.8. The molecule has 0 radical (unpaired) electrons. The molecule has 62 heavy (non-hydrogen) atoms. The van der Waals surface area contributed by atoms with Crippen LogP contribution in [0.15, 0.2) is 24.3 Å². The number of Topliss-reactive ketones (excluding diaryl/α,β-unsaturated/α-hetero) is 1. The molecule has 16 nitrogen and oxygen atoms in total. The summed E-state index contributed by atoms with van der Waals surface area (Å²) in [6.45, 7) is 16.2. The third-order valence-corrected chi connectivity index (χ3v) is 13.4. The number of hydrogen-bond donors (Lipinski definition) is 5. The highest BCUT2D eigenvalue weighted by Crippen LogP contribution is 2.41. The molecule has 354 valence electrons. The van der Waals surface area contributed by atoms with E-state index in [2.05, 4.69) is 5.32 Å². The van der Waals surface area contributed by atoms with Crippen molar-refractivity contribution in [3.05, 3.63) is 35.6 Å². The van der Waals surface area contributed by atoms with Crippen molar-refractivity contribution < 1.29 is 72.4 Å². The summed E-state index contributed by atoms with van der Waals surface area (Å²) < 4.78 is 57.2. The number of benzene rings is 1. The van der Waals surface area contributed by atoms with Crippen LogP contribution in [-0.2, 0) is 49.3 Å². The van der Waals surface area contributed by atoms with Gasteiger partial charge >= 0.3 is 12.1 Å². The fourth-order valence-corrected chi connectivity index (χ4v) is 9.55. The highest BCUT2D eigenvalue weighted by Gasteiger charge is 2.54. The average Bonchev–Trinajstić information content (AvgIpc) is 3.20. The second-order valence-corrected chi connectivity index (χ2v) is 18.8. The molecular weight excluding hydrogens is 811 g/mol. The van der Waals surface area contributed by atoms with Gasteiger partial charge in [0.2, 0.25) is 0 Å². The molecule has 4 rings (SSSR count). The Hall–Kier alpha value is -2.84. The van der Waals surface area contributed by atoms with E-state index in [-0.39, 0.29) is 38.0 Å². The summed E-state index contributed by atoms with van der Waals surface area (Å²) in [5.41, 5.74) is -4.45. The number of aliphatic hydroxyl groups is 4. The van der Waals surface area contributed by atoms with Gasteiger partial charge in [-0.2, -0.15) is 0 Å². The fourth-order valence-electron chi connectivity index (χ4n) is 9.55. The zero-order valence-electron chi connectivity index (χ0n) is 38.7. The van der Waals surface area contributed by atoms with Crippen LogP contribution in [-0.4, -0.2) is 149 Å². The number of amides is 1. The van der Waals surface area contributed by atoms with Crippen molar-refractivity contribution in [2.45, 2.75) is 186 Å². The largest absolute Gasteiger partial charge is 0.459 e. The Morgan fingerprint density at radius 3 is 2.15 bits per heavy atom.